The molecule has 0 saturated carbocycles. The third kappa shape index (κ3) is 3.48. The molecule has 0 radical (unpaired) electrons. The maximum Gasteiger partial charge on any atom is 0.333 e. The summed E-state index contributed by atoms with van der Waals surface area (Å²) in [6, 6.07) is 3.80. The SMILES string of the molecule is CS(=O)(=O)c1ccc(C(=O)NC2=C(C(=O)O)CCC2)c(Cl)c1. The van der Waals surface area contributed by atoms with Crippen molar-refractivity contribution in [1.82, 2.24) is 5.32 Å². The molecule has 1 aliphatic carbocycles. The van der Waals surface area contributed by atoms with Gasteiger partial charge in [-0.3, -0.25) is 4.79 Å². The molecular weight excluding hydrogens is 330 g/mol. The van der Waals surface area contributed by atoms with Crippen LogP contribution in [0.15, 0.2) is 34.4 Å². The molecule has 0 unspecified atom stereocenters. The monoisotopic (exact) mass is 343 g/mol. The molecular formula is C14H14ClNO5S. The van der Waals surface area contributed by atoms with Crippen molar-refractivity contribution in [3.8, 4) is 0 Å². The van der Waals surface area contributed by atoms with E-state index in [-0.39, 0.29) is 21.1 Å². The van der Waals surface area contributed by atoms with E-state index in [1.165, 1.54) is 18.2 Å². The normalized spacial score (nSPS) is 15.0. The van der Waals surface area contributed by atoms with E-state index in [9.17, 15) is 18.0 Å². The number of hydrogen-bond donors (Lipinski definition) is 2. The summed E-state index contributed by atoms with van der Waals surface area (Å²) in [6.07, 6.45) is 2.59. The lowest BCUT2D eigenvalue weighted by Gasteiger charge is -2.09. The highest BCUT2D eigenvalue weighted by Crippen LogP contribution is 2.26. The molecule has 1 aromatic carbocycles. The Labute approximate surface area is 132 Å². The van der Waals surface area contributed by atoms with E-state index in [1.807, 2.05) is 0 Å². The second-order valence-electron chi connectivity index (χ2n) is 4.98. The third-order valence-electron chi connectivity index (χ3n) is 3.35. The Bertz CT molecular complexity index is 782. The minimum atomic E-state index is -3.41. The van der Waals surface area contributed by atoms with E-state index in [1.54, 1.807) is 0 Å². The third-order valence-corrected chi connectivity index (χ3v) is 4.78. The van der Waals surface area contributed by atoms with E-state index in [0.29, 0.717) is 25.0 Å². The molecule has 0 spiro atoms. The molecule has 2 N–H and O–H groups in total. The first kappa shape index (κ1) is 16.5. The van der Waals surface area contributed by atoms with Gasteiger partial charge in [0.05, 0.1) is 21.1 Å². The maximum atomic E-state index is 12.2. The van der Waals surface area contributed by atoms with Crippen LogP contribution in [0.4, 0.5) is 0 Å². The number of carbonyl (C=O) groups is 2. The molecule has 2 rings (SSSR count). The number of benzene rings is 1. The fraction of sp³-hybridized carbons (Fsp3) is 0.286. The van der Waals surface area contributed by atoms with Crippen molar-refractivity contribution in [3.05, 3.63) is 40.1 Å². The second kappa shape index (κ2) is 6.10. The smallest absolute Gasteiger partial charge is 0.333 e. The van der Waals surface area contributed by atoms with E-state index < -0.39 is 21.7 Å². The number of hydrogen-bond acceptors (Lipinski definition) is 4. The van der Waals surface area contributed by atoms with Crippen molar-refractivity contribution < 1.29 is 23.1 Å². The highest BCUT2D eigenvalue weighted by Gasteiger charge is 2.23. The number of amides is 1. The average Bonchev–Trinajstić information content (AvgIpc) is 2.85. The van der Waals surface area contributed by atoms with E-state index >= 15 is 0 Å². The largest absolute Gasteiger partial charge is 0.478 e. The number of rotatable bonds is 4. The number of carbonyl (C=O) groups excluding carboxylic acids is 1. The number of allylic oxidation sites excluding steroid dienone is 1. The first-order chi connectivity index (χ1) is 10.2. The summed E-state index contributed by atoms with van der Waals surface area (Å²) < 4.78 is 22.9. The topological polar surface area (TPSA) is 101 Å². The van der Waals surface area contributed by atoms with Gasteiger partial charge in [0.2, 0.25) is 0 Å². The minimum Gasteiger partial charge on any atom is -0.478 e. The van der Waals surface area contributed by atoms with Gasteiger partial charge >= 0.3 is 5.97 Å². The zero-order chi connectivity index (χ0) is 16.5. The Kier molecular flexibility index (Phi) is 4.58. The van der Waals surface area contributed by atoms with E-state index in [0.717, 1.165) is 6.26 Å². The lowest BCUT2D eigenvalue weighted by molar-refractivity contribution is -0.132. The second-order valence-corrected chi connectivity index (χ2v) is 7.41. The standard InChI is InChI=1S/C14H14ClNO5S/c1-22(20,21)8-5-6-9(11(15)7-8)13(17)16-12-4-2-3-10(12)14(18)19/h5-7H,2-4H2,1H3,(H,16,17)(H,18,19). The fourth-order valence-electron chi connectivity index (χ4n) is 2.23. The molecule has 118 valence electrons. The molecule has 8 heteroatoms. The average molecular weight is 344 g/mol. The summed E-state index contributed by atoms with van der Waals surface area (Å²) >= 11 is 5.96. The Hall–Kier alpha value is -1.86. The molecule has 0 heterocycles. The summed E-state index contributed by atoms with van der Waals surface area (Å²) in [5.41, 5.74) is 0.663. The van der Waals surface area contributed by atoms with Gasteiger partial charge in [0.15, 0.2) is 9.84 Å². The fourth-order valence-corrected chi connectivity index (χ4v) is 3.21. The summed E-state index contributed by atoms with van der Waals surface area (Å²) in [5.74, 6) is -1.60. The molecule has 0 aromatic heterocycles. The van der Waals surface area contributed by atoms with Gasteiger partial charge in [0.25, 0.3) is 5.91 Å². The summed E-state index contributed by atoms with van der Waals surface area (Å²) in [6.45, 7) is 0. The van der Waals surface area contributed by atoms with Gasteiger partial charge in [-0.2, -0.15) is 0 Å². The molecule has 1 amide bonds. The van der Waals surface area contributed by atoms with Crippen molar-refractivity contribution in [2.75, 3.05) is 6.26 Å². The van der Waals surface area contributed by atoms with Gasteiger partial charge in [-0.25, -0.2) is 13.2 Å². The molecule has 0 bridgehead atoms. The van der Waals surface area contributed by atoms with Crippen LogP contribution in [0.25, 0.3) is 0 Å². The molecule has 6 nitrogen and oxygen atoms in total. The van der Waals surface area contributed by atoms with Crippen LogP contribution in [0, 0.1) is 0 Å². The number of sulfone groups is 1. The number of carboxylic acids is 1. The lowest BCUT2D eigenvalue weighted by Crippen LogP contribution is -2.24. The van der Waals surface area contributed by atoms with Crippen LogP contribution >= 0.6 is 11.6 Å². The van der Waals surface area contributed by atoms with Crippen LogP contribution in [0.2, 0.25) is 5.02 Å². The van der Waals surface area contributed by atoms with Crippen LogP contribution in [-0.4, -0.2) is 31.7 Å². The summed E-state index contributed by atoms with van der Waals surface area (Å²) in [5, 5.41) is 11.6. The van der Waals surface area contributed by atoms with E-state index in [4.69, 9.17) is 16.7 Å². The quantitative estimate of drug-likeness (QED) is 0.870. The summed E-state index contributed by atoms with van der Waals surface area (Å²) in [7, 11) is -3.41. The van der Waals surface area contributed by atoms with E-state index in [2.05, 4.69) is 5.32 Å². The number of halogens is 1. The Balaban J connectivity index is 2.28. The highest BCUT2D eigenvalue weighted by atomic mass is 35.5. The maximum absolute atomic E-state index is 12.2. The van der Waals surface area contributed by atoms with Gasteiger partial charge < -0.3 is 10.4 Å². The predicted molar refractivity (Wildman–Crippen MR) is 80.5 cm³/mol. The molecule has 0 fully saturated rings. The summed E-state index contributed by atoms with van der Waals surface area (Å²) in [4.78, 5) is 23.2. The van der Waals surface area contributed by atoms with Gasteiger partial charge in [-0.05, 0) is 37.5 Å². The first-order valence-electron chi connectivity index (χ1n) is 6.46. The van der Waals surface area contributed by atoms with Gasteiger partial charge in [0.1, 0.15) is 0 Å². The zero-order valence-electron chi connectivity index (χ0n) is 11.7. The Morgan fingerprint density at radius 1 is 1.27 bits per heavy atom. The van der Waals surface area contributed by atoms with Crippen molar-refractivity contribution in [2.24, 2.45) is 0 Å². The Morgan fingerprint density at radius 3 is 2.50 bits per heavy atom. The lowest BCUT2D eigenvalue weighted by atomic mass is 10.2. The Morgan fingerprint density at radius 2 is 1.95 bits per heavy atom. The first-order valence-corrected chi connectivity index (χ1v) is 8.73. The van der Waals surface area contributed by atoms with Gasteiger partial charge in [-0.15, -0.1) is 0 Å². The van der Waals surface area contributed by atoms with Crippen LogP contribution < -0.4 is 5.32 Å². The molecule has 0 saturated heterocycles. The number of carboxylic acid groups (broad SMARTS) is 1. The molecule has 0 atom stereocenters. The van der Waals surface area contributed by atoms with Crippen LogP contribution in [-0.2, 0) is 14.6 Å². The van der Waals surface area contributed by atoms with Gasteiger partial charge in [0, 0.05) is 12.0 Å². The molecule has 1 aromatic rings. The molecule has 22 heavy (non-hydrogen) atoms. The van der Waals surface area contributed by atoms with Crippen LogP contribution in [0.3, 0.4) is 0 Å². The van der Waals surface area contributed by atoms with Gasteiger partial charge in [-0.1, -0.05) is 11.6 Å². The zero-order valence-corrected chi connectivity index (χ0v) is 13.3. The van der Waals surface area contributed by atoms with Crippen molar-refractivity contribution in [1.29, 1.82) is 0 Å². The van der Waals surface area contributed by atoms with Crippen LogP contribution in [0.1, 0.15) is 29.6 Å². The van der Waals surface area contributed by atoms with Crippen molar-refractivity contribution in [3.63, 3.8) is 0 Å². The number of nitrogens with one attached hydrogen (secondary N) is 1. The van der Waals surface area contributed by atoms with Crippen molar-refractivity contribution >= 4 is 33.3 Å². The van der Waals surface area contributed by atoms with Crippen LogP contribution in [0.5, 0.6) is 0 Å². The van der Waals surface area contributed by atoms with Crippen molar-refractivity contribution in [2.45, 2.75) is 24.2 Å². The number of aliphatic carboxylic acids is 1. The minimum absolute atomic E-state index is 0.00380. The highest BCUT2D eigenvalue weighted by molar-refractivity contribution is 7.90. The molecule has 0 aliphatic heterocycles. The predicted octanol–water partition coefficient (Wildman–Crippen LogP) is 2.00. The molecule has 1 aliphatic rings.